The topological polar surface area (TPSA) is 46.2 Å². The lowest BCUT2D eigenvalue weighted by Crippen LogP contribution is -2.60. The lowest BCUT2D eigenvalue weighted by molar-refractivity contribution is -0.250. The maximum absolute atomic E-state index is 6.80. The molecule has 4 aromatic carbocycles. The van der Waals surface area contributed by atoms with E-state index in [4.69, 9.17) is 23.7 Å². The van der Waals surface area contributed by atoms with E-state index in [-0.39, 0.29) is 11.5 Å². The lowest BCUT2D eigenvalue weighted by Gasteiger charge is -2.46. The van der Waals surface area contributed by atoms with Crippen molar-refractivity contribution < 1.29 is 23.7 Å². The van der Waals surface area contributed by atoms with Crippen LogP contribution in [0.4, 0.5) is 0 Å². The molecule has 0 N–H and O–H groups in total. The van der Waals surface area contributed by atoms with E-state index in [1.54, 1.807) is 17.8 Å². The van der Waals surface area contributed by atoms with Gasteiger partial charge in [0.05, 0.1) is 33.0 Å². The van der Waals surface area contributed by atoms with Gasteiger partial charge in [-0.25, -0.2) is 0 Å². The second kappa shape index (κ2) is 16.4. The number of hydrogen-bond donors (Lipinski definition) is 0. The van der Waals surface area contributed by atoms with Gasteiger partial charge in [-0.2, -0.15) is 0 Å². The van der Waals surface area contributed by atoms with Crippen LogP contribution in [-0.2, 0) is 43.5 Å². The highest BCUT2D eigenvalue weighted by Crippen LogP contribution is 2.38. The summed E-state index contributed by atoms with van der Waals surface area (Å²) in [6.07, 6.45) is 0.0975. The Morgan fingerprint density at radius 2 is 1.10 bits per heavy atom. The van der Waals surface area contributed by atoms with Crippen LogP contribution in [0.1, 0.15) is 16.7 Å². The molecule has 0 aromatic heterocycles. The third kappa shape index (κ3) is 8.88. The fraction of sp³-hybridized carbons (Fsp3) is 0.278. The summed E-state index contributed by atoms with van der Waals surface area (Å²) in [4.78, 5) is 1.09. The molecule has 0 spiro atoms. The lowest BCUT2D eigenvalue weighted by atomic mass is 9.99. The zero-order valence-corrected chi connectivity index (χ0v) is 24.5. The Morgan fingerprint density at radius 1 is 0.595 bits per heavy atom. The molecule has 0 aliphatic carbocycles. The second-order valence-electron chi connectivity index (χ2n) is 10.1. The molecule has 5 nitrogen and oxygen atoms in total. The number of ether oxygens (including phenoxy) is 5. The largest absolute Gasteiger partial charge is 0.374 e. The molecule has 0 radical (unpaired) electrons. The van der Waals surface area contributed by atoms with Crippen molar-refractivity contribution >= 4 is 11.8 Å². The molecule has 0 saturated carbocycles. The number of thioether (sulfide) groups is 1. The van der Waals surface area contributed by atoms with Crippen LogP contribution in [0.3, 0.4) is 0 Å². The number of rotatable bonds is 15. The minimum Gasteiger partial charge on any atom is -0.374 e. The van der Waals surface area contributed by atoms with Crippen molar-refractivity contribution in [1.82, 2.24) is 0 Å². The molecule has 5 rings (SSSR count). The van der Waals surface area contributed by atoms with Crippen LogP contribution < -0.4 is 0 Å². The Hall–Kier alpha value is -3.23. The molecular weight excluding hydrogens is 544 g/mol. The smallest absolute Gasteiger partial charge is 0.137 e. The van der Waals surface area contributed by atoms with Crippen LogP contribution in [-0.4, -0.2) is 43.1 Å². The highest BCUT2D eigenvalue weighted by Gasteiger charge is 2.48. The van der Waals surface area contributed by atoms with Crippen LogP contribution in [0.5, 0.6) is 0 Å². The van der Waals surface area contributed by atoms with Crippen molar-refractivity contribution in [2.45, 2.75) is 54.6 Å². The summed E-state index contributed by atoms with van der Waals surface area (Å²) in [6.45, 7) is 5.92. The van der Waals surface area contributed by atoms with Crippen molar-refractivity contribution in [1.29, 1.82) is 0 Å². The fourth-order valence-electron chi connectivity index (χ4n) is 4.89. The maximum atomic E-state index is 6.80. The third-order valence-corrected chi connectivity index (χ3v) is 8.11. The van der Waals surface area contributed by atoms with E-state index < -0.39 is 18.3 Å². The van der Waals surface area contributed by atoms with Crippen LogP contribution >= 0.6 is 11.8 Å². The van der Waals surface area contributed by atoms with Gasteiger partial charge < -0.3 is 23.7 Å². The van der Waals surface area contributed by atoms with Gasteiger partial charge in [-0.3, -0.25) is 0 Å². The molecule has 42 heavy (non-hydrogen) atoms. The van der Waals surface area contributed by atoms with Gasteiger partial charge in [0.25, 0.3) is 0 Å². The Bertz CT molecular complexity index is 1310. The average molecular weight is 583 g/mol. The van der Waals surface area contributed by atoms with Crippen molar-refractivity contribution in [2.75, 3.05) is 13.2 Å². The normalized spacial score (nSPS) is 22.0. The highest BCUT2D eigenvalue weighted by molar-refractivity contribution is 7.99. The summed E-state index contributed by atoms with van der Waals surface area (Å²) in [5.41, 5.74) is 2.91. The SMILES string of the molecule is C=CCO[C@@H]1[C@@H](OCc2ccccc2)[C@H](OCc2ccccc2)[C@@H](COCc2ccccc2)O[C@H]1Sc1ccccc1. The van der Waals surface area contributed by atoms with Crippen molar-refractivity contribution in [3.8, 4) is 0 Å². The minimum absolute atomic E-state index is 0.347. The summed E-state index contributed by atoms with van der Waals surface area (Å²) in [7, 11) is 0. The molecule has 218 valence electrons. The molecule has 1 fully saturated rings. The molecule has 5 atom stereocenters. The molecular formula is C36H38O5S. The number of hydrogen-bond acceptors (Lipinski definition) is 6. The van der Waals surface area contributed by atoms with Crippen molar-refractivity contribution in [3.05, 3.63) is 151 Å². The Morgan fingerprint density at radius 3 is 1.64 bits per heavy atom. The zero-order valence-electron chi connectivity index (χ0n) is 23.7. The first kappa shape index (κ1) is 30.2. The summed E-state index contributed by atoms with van der Waals surface area (Å²) in [5, 5.41) is 0. The molecule has 0 bridgehead atoms. The molecule has 1 aliphatic rings. The van der Waals surface area contributed by atoms with Gasteiger partial charge >= 0.3 is 0 Å². The predicted octanol–water partition coefficient (Wildman–Crippen LogP) is 7.46. The monoisotopic (exact) mass is 582 g/mol. The first-order chi connectivity index (χ1) is 20.8. The quantitative estimate of drug-likeness (QED) is 0.136. The average Bonchev–Trinajstić information content (AvgIpc) is 3.04. The summed E-state index contributed by atoms with van der Waals surface area (Å²) < 4.78 is 32.8. The van der Waals surface area contributed by atoms with E-state index in [9.17, 15) is 0 Å². The van der Waals surface area contributed by atoms with E-state index in [2.05, 4.69) is 55.1 Å². The first-order valence-corrected chi connectivity index (χ1v) is 15.2. The molecule has 4 aromatic rings. The fourth-order valence-corrected chi connectivity index (χ4v) is 6.04. The van der Waals surface area contributed by atoms with Gasteiger partial charge in [0.2, 0.25) is 0 Å². The Balaban J connectivity index is 1.43. The predicted molar refractivity (Wildman–Crippen MR) is 167 cm³/mol. The number of benzene rings is 4. The van der Waals surface area contributed by atoms with Gasteiger partial charge in [-0.15, -0.1) is 6.58 Å². The van der Waals surface area contributed by atoms with Gasteiger partial charge in [-0.1, -0.05) is 127 Å². The first-order valence-electron chi connectivity index (χ1n) is 14.3. The molecule has 1 heterocycles. The molecule has 1 aliphatic heterocycles. The van der Waals surface area contributed by atoms with E-state index in [1.807, 2.05) is 72.8 Å². The summed E-state index contributed by atoms with van der Waals surface area (Å²) in [5.74, 6) is 0. The molecule has 0 amide bonds. The Kier molecular flexibility index (Phi) is 11.8. The van der Waals surface area contributed by atoms with E-state index in [0.717, 1.165) is 21.6 Å². The zero-order chi connectivity index (χ0) is 28.8. The highest BCUT2D eigenvalue weighted by atomic mass is 32.2. The van der Waals surface area contributed by atoms with Crippen LogP contribution in [0, 0.1) is 0 Å². The van der Waals surface area contributed by atoms with E-state index in [1.165, 1.54) is 0 Å². The van der Waals surface area contributed by atoms with Crippen molar-refractivity contribution in [2.24, 2.45) is 0 Å². The molecule has 0 unspecified atom stereocenters. The molecule has 6 heteroatoms. The Labute approximate surface area is 253 Å². The van der Waals surface area contributed by atoms with Crippen molar-refractivity contribution in [3.63, 3.8) is 0 Å². The summed E-state index contributed by atoms with van der Waals surface area (Å²) >= 11 is 1.63. The van der Waals surface area contributed by atoms with Crippen LogP contribution in [0.15, 0.2) is 139 Å². The third-order valence-electron chi connectivity index (χ3n) is 6.96. The van der Waals surface area contributed by atoms with Gasteiger partial charge in [0, 0.05) is 4.90 Å². The molecule has 1 saturated heterocycles. The van der Waals surface area contributed by atoms with Gasteiger partial charge in [0.1, 0.15) is 29.9 Å². The van der Waals surface area contributed by atoms with Gasteiger partial charge in [-0.05, 0) is 28.8 Å². The van der Waals surface area contributed by atoms with Gasteiger partial charge in [0.15, 0.2) is 0 Å². The standard InChI is InChI=1S/C36H38O5S/c1-2-23-38-35-34(40-26-30-19-11-5-12-20-30)33(39-25-29-17-9-4-10-18-29)32(27-37-24-28-15-7-3-8-16-28)41-36(35)42-31-21-13-6-14-22-31/h2-22,32-36H,1,23-27H2/t32-,33-,34+,35-,36+/m1/s1. The van der Waals surface area contributed by atoms with E-state index >= 15 is 0 Å². The second-order valence-corrected chi connectivity index (χ2v) is 11.3. The van der Waals surface area contributed by atoms with E-state index in [0.29, 0.717) is 33.0 Å². The summed E-state index contributed by atoms with van der Waals surface area (Å²) in [6, 6.07) is 40.7. The van der Waals surface area contributed by atoms with Crippen LogP contribution in [0.2, 0.25) is 0 Å². The van der Waals surface area contributed by atoms with Crippen LogP contribution in [0.25, 0.3) is 0 Å². The minimum atomic E-state index is -0.438. The maximum Gasteiger partial charge on any atom is 0.137 e.